The number of fused-ring (bicyclic) bond motifs is 1. The lowest BCUT2D eigenvalue weighted by atomic mass is 9.92. The van der Waals surface area contributed by atoms with Crippen LogP contribution in [0.2, 0.25) is 0 Å². The van der Waals surface area contributed by atoms with Crippen LogP contribution in [0.4, 0.5) is 0 Å². The lowest BCUT2D eigenvalue weighted by Crippen LogP contribution is -2.45. The number of carbonyl (C=O) groups excluding carboxylic acids is 1. The number of hydrogen-bond acceptors (Lipinski definition) is 3. The molecule has 1 aliphatic rings. The number of hydrogen-bond donors (Lipinski definition) is 2. The third kappa shape index (κ3) is 3.12. The van der Waals surface area contributed by atoms with Crippen LogP contribution >= 0.6 is 11.8 Å². The molecule has 0 aliphatic carbocycles. The van der Waals surface area contributed by atoms with E-state index in [0.29, 0.717) is 6.54 Å². The molecule has 19 heavy (non-hydrogen) atoms. The summed E-state index contributed by atoms with van der Waals surface area (Å²) in [4.78, 5) is 13.4. The van der Waals surface area contributed by atoms with Crippen LogP contribution in [-0.2, 0) is 4.79 Å². The monoisotopic (exact) mass is 279 g/mol. The fourth-order valence-electron chi connectivity index (χ4n) is 1.97. The van der Waals surface area contributed by atoms with Gasteiger partial charge in [0, 0.05) is 17.2 Å². The van der Waals surface area contributed by atoms with E-state index in [4.69, 9.17) is 0 Å². The predicted octanol–water partition coefficient (Wildman–Crippen LogP) is 2.40. The average molecular weight is 279 g/mol. The Balaban J connectivity index is 1.99. The van der Waals surface area contributed by atoms with Crippen LogP contribution in [0, 0.1) is 5.92 Å². The molecule has 0 fully saturated rings. The zero-order valence-corrected chi connectivity index (χ0v) is 12.5. The van der Waals surface area contributed by atoms with Crippen molar-refractivity contribution in [2.24, 2.45) is 5.92 Å². The second kappa shape index (κ2) is 5.55. The number of rotatable bonds is 4. The number of carbonyl (C=O) groups is 1. The van der Waals surface area contributed by atoms with E-state index in [-0.39, 0.29) is 17.7 Å². The molecule has 1 heterocycles. The molecule has 2 atom stereocenters. The van der Waals surface area contributed by atoms with Crippen LogP contribution in [0.5, 0.6) is 0 Å². The van der Waals surface area contributed by atoms with E-state index < -0.39 is 5.60 Å². The molecule has 2 rings (SSSR count). The minimum atomic E-state index is -0.860. The Morgan fingerprint density at radius 2 is 2.21 bits per heavy atom. The lowest BCUT2D eigenvalue weighted by Gasteiger charge is -2.28. The minimum Gasteiger partial charge on any atom is -0.388 e. The first-order valence-corrected chi connectivity index (χ1v) is 7.62. The highest BCUT2D eigenvalue weighted by molar-refractivity contribution is 7.99. The Bertz CT molecular complexity index is 471. The molecular weight excluding hydrogens is 258 g/mol. The Kier molecular flexibility index (Phi) is 4.21. The zero-order valence-electron chi connectivity index (χ0n) is 11.6. The Morgan fingerprint density at radius 3 is 2.89 bits per heavy atom. The van der Waals surface area contributed by atoms with Gasteiger partial charge in [0.15, 0.2) is 0 Å². The molecule has 1 aliphatic heterocycles. The summed E-state index contributed by atoms with van der Waals surface area (Å²) in [6, 6.07) is 8.03. The third-order valence-corrected chi connectivity index (χ3v) is 5.06. The van der Waals surface area contributed by atoms with E-state index in [1.165, 1.54) is 4.90 Å². The van der Waals surface area contributed by atoms with Crippen LogP contribution in [0.3, 0.4) is 0 Å². The van der Waals surface area contributed by atoms with Gasteiger partial charge in [-0.05, 0) is 24.5 Å². The average Bonchev–Trinajstić information content (AvgIpc) is 2.79. The molecule has 2 unspecified atom stereocenters. The summed E-state index contributed by atoms with van der Waals surface area (Å²) in [5.41, 5.74) is 0.246. The van der Waals surface area contributed by atoms with Crippen molar-refractivity contribution in [2.45, 2.75) is 37.2 Å². The van der Waals surface area contributed by atoms with Crippen LogP contribution < -0.4 is 5.32 Å². The van der Waals surface area contributed by atoms with Gasteiger partial charge in [0.2, 0.25) is 5.91 Å². The summed E-state index contributed by atoms with van der Waals surface area (Å²) in [5, 5.41) is 13.0. The van der Waals surface area contributed by atoms with E-state index in [1.807, 2.05) is 32.0 Å². The fraction of sp³-hybridized carbons (Fsp3) is 0.533. The fourth-order valence-corrected chi connectivity index (χ4v) is 3.20. The molecule has 4 heteroatoms. The SMILES string of the molecule is CC(C)C(C)(O)CNC(=O)C1CSc2ccccc21. The van der Waals surface area contributed by atoms with Gasteiger partial charge in [0.25, 0.3) is 0 Å². The number of amides is 1. The Morgan fingerprint density at radius 1 is 1.53 bits per heavy atom. The summed E-state index contributed by atoms with van der Waals surface area (Å²) in [7, 11) is 0. The van der Waals surface area contributed by atoms with Gasteiger partial charge in [-0.3, -0.25) is 4.79 Å². The van der Waals surface area contributed by atoms with E-state index in [2.05, 4.69) is 11.4 Å². The van der Waals surface area contributed by atoms with Gasteiger partial charge in [-0.25, -0.2) is 0 Å². The van der Waals surface area contributed by atoms with Crippen molar-refractivity contribution in [3.05, 3.63) is 29.8 Å². The molecule has 0 bridgehead atoms. The second-order valence-electron chi connectivity index (χ2n) is 5.63. The van der Waals surface area contributed by atoms with Crippen molar-refractivity contribution < 1.29 is 9.90 Å². The summed E-state index contributed by atoms with van der Waals surface area (Å²) in [6.07, 6.45) is 0. The molecule has 0 saturated carbocycles. The summed E-state index contributed by atoms with van der Waals surface area (Å²) < 4.78 is 0. The molecule has 1 aromatic rings. The second-order valence-corrected chi connectivity index (χ2v) is 6.69. The van der Waals surface area contributed by atoms with E-state index in [1.54, 1.807) is 18.7 Å². The maximum atomic E-state index is 12.2. The van der Waals surface area contributed by atoms with Crippen molar-refractivity contribution >= 4 is 17.7 Å². The van der Waals surface area contributed by atoms with Gasteiger partial charge in [-0.2, -0.15) is 0 Å². The molecule has 0 saturated heterocycles. The molecule has 0 aromatic heterocycles. The van der Waals surface area contributed by atoms with Crippen molar-refractivity contribution in [3.8, 4) is 0 Å². The van der Waals surface area contributed by atoms with Gasteiger partial charge in [0.05, 0.1) is 11.5 Å². The topological polar surface area (TPSA) is 49.3 Å². The van der Waals surface area contributed by atoms with Gasteiger partial charge in [0.1, 0.15) is 0 Å². The van der Waals surface area contributed by atoms with Gasteiger partial charge >= 0.3 is 0 Å². The molecule has 0 spiro atoms. The molecule has 104 valence electrons. The molecule has 0 radical (unpaired) electrons. The van der Waals surface area contributed by atoms with Crippen LogP contribution in [0.15, 0.2) is 29.2 Å². The van der Waals surface area contributed by atoms with Crippen LogP contribution in [0.25, 0.3) is 0 Å². The number of aliphatic hydroxyl groups is 1. The highest BCUT2D eigenvalue weighted by atomic mass is 32.2. The van der Waals surface area contributed by atoms with Gasteiger partial charge < -0.3 is 10.4 Å². The highest BCUT2D eigenvalue weighted by Gasteiger charge is 2.31. The van der Waals surface area contributed by atoms with Gasteiger partial charge in [-0.15, -0.1) is 11.8 Å². The Hall–Kier alpha value is -1.00. The van der Waals surface area contributed by atoms with Crippen molar-refractivity contribution in [1.82, 2.24) is 5.32 Å². The number of benzene rings is 1. The first kappa shape index (κ1) is 14.4. The van der Waals surface area contributed by atoms with Gasteiger partial charge in [-0.1, -0.05) is 32.0 Å². The molecule has 1 amide bonds. The maximum Gasteiger partial charge on any atom is 0.228 e. The maximum absolute atomic E-state index is 12.2. The third-order valence-electron chi connectivity index (χ3n) is 3.88. The standard InChI is InChI=1S/C15H21NO2S/c1-10(2)15(3,18)9-16-14(17)12-8-19-13-7-5-4-6-11(12)13/h4-7,10,12,18H,8-9H2,1-3H3,(H,16,17). The molecule has 1 aromatic carbocycles. The predicted molar refractivity (Wildman–Crippen MR) is 78.4 cm³/mol. The van der Waals surface area contributed by atoms with Crippen LogP contribution in [-0.4, -0.2) is 28.9 Å². The van der Waals surface area contributed by atoms with Crippen molar-refractivity contribution in [1.29, 1.82) is 0 Å². The summed E-state index contributed by atoms with van der Waals surface area (Å²) in [5.74, 6) is 0.815. The van der Waals surface area contributed by atoms with Crippen LogP contribution in [0.1, 0.15) is 32.3 Å². The van der Waals surface area contributed by atoms with E-state index in [9.17, 15) is 9.90 Å². The quantitative estimate of drug-likeness (QED) is 0.890. The molecular formula is C15H21NO2S. The number of thioether (sulfide) groups is 1. The molecule has 2 N–H and O–H groups in total. The van der Waals surface area contributed by atoms with Crippen molar-refractivity contribution in [3.63, 3.8) is 0 Å². The first-order chi connectivity index (χ1) is 8.92. The summed E-state index contributed by atoms with van der Waals surface area (Å²) >= 11 is 1.72. The van der Waals surface area contributed by atoms with E-state index >= 15 is 0 Å². The lowest BCUT2D eigenvalue weighted by molar-refractivity contribution is -0.123. The smallest absolute Gasteiger partial charge is 0.228 e. The molecule has 3 nitrogen and oxygen atoms in total. The van der Waals surface area contributed by atoms with E-state index in [0.717, 1.165) is 11.3 Å². The zero-order chi connectivity index (χ0) is 14.0. The summed E-state index contributed by atoms with van der Waals surface area (Å²) in [6.45, 7) is 5.96. The highest BCUT2D eigenvalue weighted by Crippen LogP contribution is 2.39. The minimum absolute atomic E-state index is 0.0124. The first-order valence-electron chi connectivity index (χ1n) is 6.63. The Labute approximate surface area is 118 Å². The van der Waals surface area contributed by atoms with Crippen molar-refractivity contribution in [2.75, 3.05) is 12.3 Å². The normalized spacial score (nSPS) is 21.0. The number of nitrogens with one attached hydrogen (secondary N) is 1. The largest absolute Gasteiger partial charge is 0.388 e.